The Morgan fingerprint density at radius 3 is 0.761 bits per heavy atom. The highest BCUT2D eigenvalue weighted by Crippen LogP contribution is 2.34. The molecule has 0 heterocycles. The van der Waals surface area contributed by atoms with Crippen LogP contribution in [0, 0.1) is 37.9 Å². The summed E-state index contributed by atoms with van der Waals surface area (Å²) >= 11 is 0. The standard InChI is InChI=1S/C46H80O21/c1-18-61-26-44(7,25-59-16)38(51)64-28-40(3,27-63-35(48)41(4,19-53-10)20-54-11)33(2)62-29-45(8,34(47)60-17)30-65-39(52)46(9,31-66-36(49)42(5,21-55-12)22-56-13)32-67-37(50)43(6,23-57-14)24-58-15/h2,18-32H2,1,3-17H3. The van der Waals surface area contributed by atoms with E-state index in [1.165, 1.54) is 63.6 Å². The van der Waals surface area contributed by atoms with E-state index in [1.807, 2.05) is 0 Å². The summed E-state index contributed by atoms with van der Waals surface area (Å²) in [6.07, 6.45) is 0. The Bertz CT molecular complexity index is 1530. The summed E-state index contributed by atoms with van der Waals surface area (Å²) in [4.78, 5) is 81.5. The first-order chi connectivity index (χ1) is 31.2. The van der Waals surface area contributed by atoms with Gasteiger partial charge in [-0.3, -0.25) is 28.8 Å². The van der Waals surface area contributed by atoms with E-state index in [0.29, 0.717) is 6.61 Å². The summed E-state index contributed by atoms with van der Waals surface area (Å²) in [7, 11) is 11.0. The van der Waals surface area contributed by atoms with Gasteiger partial charge in [0.2, 0.25) is 0 Å². The van der Waals surface area contributed by atoms with E-state index < -0.39 is 113 Å². The highest BCUT2D eigenvalue weighted by molar-refractivity contribution is 5.82. The van der Waals surface area contributed by atoms with Crippen LogP contribution < -0.4 is 0 Å². The molecule has 0 fully saturated rings. The van der Waals surface area contributed by atoms with Crippen LogP contribution in [-0.2, 0) is 99.8 Å². The Hall–Kier alpha value is -3.96. The van der Waals surface area contributed by atoms with Crippen molar-refractivity contribution in [3.05, 3.63) is 12.3 Å². The summed E-state index contributed by atoms with van der Waals surface area (Å²) < 4.78 is 82.1. The molecule has 0 amide bonds. The molecule has 0 aliphatic rings. The first kappa shape index (κ1) is 63.0. The number of hydrogen-bond acceptors (Lipinski definition) is 21. The van der Waals surface area contributed by atoms with E-state index in [-0.39, 0.29) is 58.6 Å². The third kappa shape index (κ3) is 18.8. The highest BCUT2D eigenvalue weighted by Gasteiger charge is 2.47. The molecule has 3 atom stereocenters. The maximum atomic E-state index is 14.2. The van der Waals surface area contributed by atoms with Crippen molar-refractivity contribution in [2.24, 2.45) is 37.9 Å². The fourth-order valence-corrected chi connectivity index (χ4v) is 6.38. The van der Waals surface area contributed by atoms with Gasteiger partial charge in [-0.1, -0.05) is 6.58 Å². The number of ether oxygens (including phenoxy) is 15. The maximum Gasteiger partial charge on any atom is 0.318 e. The number of hydrogen-bond donors (Lipinski definition) is 0. The second-order valence-electron chi connectivity index (χ2n) is 18.7. The van der Waals surface area contributed by atoms with Gasteiger partial charge in [-0.2, -0.15) is 0 Å². The minimum atomic E-state index is -1.86. The molecule has 0 aromatic heterocycles. The van der Waals surface area contributed by atoms with Gasteiger partial charge in [0.25, 0.3) is 0 Å². The summed E-state index contributed by atoms with van der Waals surface area (Å²) in [5.41, 5.74) is -10.1. The number of carbonyl (C=O) groups is 6. The third-order valence-electron chi connectivity index (χ3n) is 10.9. The monoisotopic (exact) mass is 969 g/mol. The topological polar surface area (TPSA) is 241 Å². The second kappa shape index (κ2) is 29.2. The van der Waals surface area contributed by atoms with Crippen LogP contribution in [0.5, 0.6) is 0 Å². The van der Waals surface area contributed by atoms with E-state index in [2.05, 4.69) is 6.58 Å². The molecule has 3 unspecified atom stereocenters. The summed E-state index contributed by atoms with van der Waals surface area (Å²) in [6.45, 7) is 12.9. The molecule has 0 aromatic carbocycles. The SMILES string of the molecule is C=C(OCC(C)(COC(=O)C(C)(COC(=O)C(C)(COC)COC)COC(=O)C(C)(COC)COC)C(=O)OC)C(C)(COC(=O)C(C)(COC)COC)COC(=O)C(C)(COC)COCC. The van der Waals surface area contributed by atoms with E-state index in [4.69, 9.17) is 71.1 Å². The van der Waals surface area contributed by atoms with Crippen molar-refractivity contribution in [2.45, 2.75) is 55.4 Å². The Morgan fingerprint density at radius 2 is 0.522 bits per heavy atom. The summed E-state index contributed by atoms with van der Waals surface area (Å²) in [5, 5.41) is 0. The lowest BCUT2D eigenvalue weighted by molar-refractivity contribution is -0.183. The van der Waals surface area contributed by atoms with Gasteiger partial charge in [-0.05, 0) is 55.4 Å². The quantitative estimate of drug-likeness (QED) is 0.0494. The van der Waals surface area contributed by atoms with E-state index in [9.17, 15) is 28.8 Å². The van der Waals surface area contributed by atoms with Gasteiger partial charge in [0, 0.05) is 56.4 Å². The number of carbonyl (C=O) groups excluding carboxylic acids is 6. The Morgan fingerprint density at radius 1 is 0.313 bits per heavy atom. The molecule has 0 aromatic rings. The van der Waals surface area contributed by atoms with Crippen LogP contribution >= 0.6 is 0 Å². The van der Waals surface area contributed by atoms with Crippen molar-refractivity contribution in [2.75, 3.05) is 156 Å². The molecule has 0 aliphatic carbocycles. The molecule has 21 heteroatoms. The lowest BCUT2D eigenvalue weighted by Gasteiger charge is -2.36. The molecule has 0 rings (SSSR count). The molecular formula is C46H80O21. The van der Waals surface area contributed by atoms with Gasteiger partial charge in [0.05, 0.1) is 65.4 Å². The molecule has 0 radical (unpaired) electrons. The number of rotatable bonds is 37. The fourth-order valence-electron chi connectivity index (χ4n) is 6.38. The van der Waals surface area contributed by atoms with Gasteiger partial charge in [-0.15, -0.1) is 0 Å². The second-order valence-corrected chi connectivity index (χ2v) is 18.7. The number of esters is 6. The fraction of sp³-hybridized carbons (Fsp3) is 0.826. The maximum absolute atomic E-state index is 14.2. The average molecular weight is 969 g/mol. The van der Waals surface area contributed by atoms with Crippen molar-refractivity contribution in [1.82, 2.24) is 0 Å². The van der Waals surface area contributed by atoms with Gasteiger partial charge < -0.3 is 71.1 Å². The van der Waals surface area contributed by atoms with Crippen molar-refractivity contribution in [3.63, 3.8) is 0 Å². The summed E-state index contributed by atoms with van der Waals surface area (Å²) in [5.74, 6) is -4.96. The molecule has 0 aliphatic heterocycles. The zero-order valence-corrected chi connectivity index (χ0v) is 42.9. The van der Waals surface area contributed by atoms with Crippen LogP contribution in [0.3, 0.4) is 0 Å². The minimum absolute atomic E-state index is 0.0200. The van der Waals surface area contributed by atoms with E-state index in [1.54, 1.807) is 41.5 Å². The lowest BCUT2D eigenvalue weighted by atomic mass is 9.88. The predicted octanol–water partition coefficient (Wildman–Crippen LogP) is 3.01. The molecule has 0 N–H and O–H groups in total. The molecule has 0 bridgehead atoms. The van der Waals surface area contributed by atoms with Crippen LogP contribution in [0.2, 0.25) is 0 Å². The first-order valence-corrected chi connectivity index (χ1v) is 21.5. The van der Waals surface area contributed by atoms with Crippen LogP contribution in [0.15, 0.2) is 12.3 Å². The highest BCUT2D eigenvalue weighted by atomic mass is 16.6. The molecule has 21 nitrogen and oxygen atoms in total. The lowest BCUT2D eigenvalue weighted by Crippen LogP contribution is -2.47. The molecule has 390 valence electrons. The average Bonchev–Trinajstić information content (AvgIpc) is 3.28. The van der Waals surface area contributed by atoms with Crippen molar-refractivity contribution in [3.8, 4) is 0 Å². The molecule has 0 saturated carbocycles. The molecular weight excluding hydrogens is 888 g/mol. The normalized spacial score (nSPS) is 14.9. The third-order valence-corrected chi connectivity index (χ3v) is 10.9. The van der Waals surface area contributed by atoms with E-state index >= 15 is 0 Å². The molecule has 67 heavy (non-hydrogen) atoms. The van der Waals surface area contributed by atoms with Gasteiger partial charge >= 0.3 is 35.8 Å². The molecule has 0 saturated heterocycles. The smallest absolute Gasteiger partial charge is 0.318 e. The van der Waals surface area contributed by atoms with Gasteiger partial charge in [0.15, 0.2) is 0 Å². The first-order valence-electron chi connectivity index (χ1n) is 21.5. The van der Waals surface area contributed by atoms with Crippen LogP contribution in [0.4, 0.5) is 0 Å². The molecule has 0 spiro atoms. The van der Waals surface area contributed by atoms with Gasteiger partial charge in [-0.25, -0.2) is 0 Å². The predicted molar refractivity (Wildman–Crippen MR) is 238 cm³/mol. The van der Waals surface area contributed by atoms with E-state index in [0.717, 1.165) is 7.11 Å². The zero-order chi connectivity index (χ0) is 51.8. The van der Waals surface area contributed by atoms with Crippen LogP contribution in [0.25, 0.3) is 0 Å². The van der Waals surface area contributed by atoms with Crippen LogP contribution in [0.1, 0.15) is 55.4 Å². The largest absolute Gasteiger partial charge is 0.496 e. The Labute approximate surface area is 396 Å². The minimum Gasteiger partial charge on any atom is -0.496 e. The number of methoxy groups -OCH3 is 8. The Balaban J connectivity index is 6.88. The van der Waals surface area contributed by atoms with Crippen LogP contribution in [-0.4, -0.2) is 192 Å². The van der Waals surface area contributed by atoms with Crippen molar-refractivity contribution in [1.29, 1.82) is 0 Å². The van der Waals surface area contributed by atoms with Crippen molar-refractivity contribution >= 4 is 35.8 Å². The summed E-state index contributed by atoms with van der Waals surface area (Å²) in [6, 6.07) is 0. The zero-order valence-electron chi connectivity index (χ0n) is 42.9. The Kier molecular flexibility index (Phi) is 27.4. The van der Waals surface area contributed by atoms with Gasteiger partial charge in [0.1, 0.15) is 77.9 Å². The van der Waals surface area contributed by atoms with Crippen molar-refractivity contribution < 1.29 is 99.8 Å².